The van der Waals surface area contributed by atoms with E-state index in [1.54, 1.807) is 0 Å². The zero-order valence-corrected chi connectivity index (χ0v) is 4.21. The Balaban J connectivity index is -0.00000000450. The average molecular weight is 97.9 g/mol. The summed E-state index contributed by atoms with van der Waals surface area (Å²) in [6, 6.07) is 0. The van der Waals surface area contributed by atoms with Gasteiger partial charge in [-0.25, -0.2) is 4.79 Å². The molecule has 0 aliphatic heterocycles. The van der Waals surface area contributed by atoms with Gasteiger partial charge in [-0.05, 0) is 0 Å². The van der Waals surface area contributed by atoms with Crippen LogP contribution in [0.1, 0.15) is 2.85 Å². The van der Waals surface area contributed by atoms with Crippen molar-refractivity contribution >= 4 is 6.16 Å². The first-order valence-electron chi connectivity index (χ1n) is 0.651. The Morgan fingerprint density at radius 3 is 1.29 bits per heavy atom. The number of hydrogen-bond donors (Lipinski definition) is 2. The largest absolute Gasteiger partial charge is 1.00 e. The molecule has 0 aliphatic carbocycles. The van der Waals surface area contributed by atoms with Crippen molar-refractivity contribution in [2.24, 2.45) is 0 Å². The second kappa shape index (κ2) is 16.1. The van der Waals surface area contributed by atoms with Gasteiger partial charge in [-0.15, -0.1) is 0 Å². The fourth-order valence-electron chi connectivity index (χ4n) is 0. The maximum absolute atomic E-state index is 8.56. The molecule has 0 saturated heterocycles. The molecule has 6 heteroatoms. The fraction of sp³-hybridized carbons (Fsp3) is 0. The maximum atomic E-state index is 8.56. The molecular formula is CH5FLi2O3. The van der Waals surface area contributed by atoms with Crippen molar-refractivity contribution < 1.29 is 60.3 Å². The Hall–Kier alpha value is 0.395. The summed E-state index contributed by atoms with van der Waals surface area (Å²) in [4.78, 5) is 8.56. The van der Waals surface area contributed by atoms with Crippen molar-refractivity contribution in [1.29, 1.82) is 0 Å². The molecule has 0 spiro atoms. The molecule has 0 aliphatic rings. The van der Waals surface area contributed by atoms with Gasteiger partial charge in [0.2, 0.25) is 0 Å². The molecular weight excluding hydrogens is 92.9 g/mol. The van der Waals surface area contributed by atoms with Crippen molar-refractivity contribution in [3.05, 3.63) is 0 Å². The van der Waals surface area contributed by atoms with Gasteiger partial charge in [-0.2, -0.15) is 0 Å². The summed E-state index contributed by atoms with van der Waals surface area (Å²) in [6.07, 6.45) is -1.83. The smallest absolute Gasteiger partial charge is 1.00 e. The topological polar surface area (TPSA) is 57.5 Å². The van der Waals surface area contributed by atoms with Gasteiger partial charge in [0, 0.05) is 0 Å². The van der Waals surface area contributed by atoms with Crippen molar-refractivity contribution in [2.75, 3.05) is 0 Å². The zero-order valence-electron chi connectivity index (χ0n) is 6.21. The number of halogens is 1. The summed E-state index contributed by atoms with van der Waals surface area (Å²) in [5, 5.41) is 13.9. The van der Waals surface area contributed by atoms with Crippen LogP contribution in [0.25, 0.3) is 0 Å². The molecule has 0 radical (unpaired) electrons. The van der Waals surface area contributed by atoms with E-state index in [4.69, 9.17) is 15.0 Å². The number of hydrogen-bond acceptors (Lipinski definition) is 1. The van der Waals surface area contributed by atoms with Crippen LogP contribution in [0.3, 0.4) is 0 Å². The minimum atomic E-state index is -1.83. The van der Waals surface area contributed by atoms with Crippen LogP contribution in [-0.2, 0) is 0 Å². The molecule has 0 rings (SSSR count). The van der Waals surface area contributed by atoms with Gasteiger partial charge in [0.1, 0.15) is 0 Å². The molecule has 0 amide bonds. The Bertz CT molecular complexity index is 42.8. The molecule has 0 unspecified atom stereocenters. The molecule has 0 aromatic heterocycles. The van der Waals surface area contributed by atoms with Crippen LogP contribution < -0.4 is 37.7 Å². The van der Waals surface area contributed by atoms with Crippen molar-refractivity contribution in [2.45, 2.75) is 0 Å². The van der Waals surface area contributed by atoms with E-state index in [1.165, 1.54) is 0 Å². The van der Waals surface area contributed by atoms with Gasteiger partial charge >= 0.3 is 43.9 Å². The summed E-state index contributed by atoms with van der Waals surface area (Å²) in [5.74, 6) is 0. The molecule has 3 nitrogen and oxygen atoms in total. The van der Waals surface area contributed by atoms with Crippen LogP contribution in [0.15, 0.2) is 0 Å². The van der Waals surface area contributed by atoms with E-state index in [0.29, 0.717) is 0 Å². The maximum Gasteiger partial charge on any atom is 1.00 e. The van der Waals surface area contributed by atoms with E-state index in [-0.39, 0.29) is 45.3 Å². The van der Waals surface area contributed by atoms with Gasteiger partial charge in [-0.3, -0.25) is 4.70 Å². The first-order chi connectivity index (χ1) is 1.73. The third-order valence-corrected chi connectivity index (χ3v) is 0. The van der Waals surface area contributed by atoms with Crippen LogP contribution in [0.4, 0.5) is 9.50 Å². The quantitative estimate of drug-likeness (QED) is 0.297. The molecule has 0 aromatic carbocycles. The van der Waals surface area contributed by atoms with E-state index in [9.17, 15) is 0 Å². The van der Waals surface area contributed by atoms with Gasteiger partial charge < -0.3 is 13.1 Å². The zero-order chi connectivity index (χ0) is 3.58. The number of carbonyl (C=O) groups is 1. The summed E-state index contributed by atoms with van der Waals surface area (Å²) in [5.41, 5.74) is 0. The van der Waals surface area contributed by atoms with Crippen molar-refractivity contribution in [3.63, 3.8) is 0 Å². The Morgan fingerprint density at radius 1 is 1.29 bits per heavy atom. The average Bonchev–Trinajstić information content (AvgIpc) is 0.811. The summed E-state index contributed by atoms with van der Waals surface area (Å²) >= 11 is 0. The predicted molar refractivity (Wildman–Crippen MR) is 15.4 cm³/mol. The van der Waals surface area contributed by atoms with Crippen LogP contribution in [0.2, 0.25) is 0 Å². The van der Waals surface area contributed by atoms with E-state index < -0.39 is 6.16 Å². The normalized spacial score (nSPS) is 3.43. The van der Waals surface area contributed by atoms with Gasteiger partial charge in [0.15, 0.2) is 0 Å². The monoisotopic (exact) mass is 98.1 g/mol. The molecule has 0 bridgehead atoms. The molecule has 0 heterocycles. The summed E-state index contributed by atoms with van der Waals surface area (Å²) in [6.45, 7) is 0. The van der Waals surface area contributed by atoms with Crippen LogP contribution in [0.5, 0.6) is 0 Å². The van der Waals surface area contributed by atoms with Gasteiger partial charge in [0.05, 0.1) is 0 Å². The van der Waals surface area contributed by atoms with Crippen LogP contribution >= 0.6 is 0 Å². The molecule has 7 heavy (non-hydrogen) atoms. The Morgan fingerprint density at radius 2 is 1.29 bits per heavy atom. The summed E-state index contributed by atoms with van der Waals surface area (Å²) < 4.78 is 0. The van der Waals surface area contributed by atoms with Crippen molar-refractivity contribution in [3.8, 4) is 0 Å². The number of rotatable bonds is 0. The first kappa shape index (κ1) is 26.2. The van der Waals surface area contributed by atoms with Crippen LogP contribution in [0, 0.1) is 0 Å². The Kier molecular flexibility index (Phi) is 60.5. The summed E-state index contributed by atoms with van der Waals surface area (Å²) in [7, 11) is 0. The first-order valence-corrected chi connectivity index (χ1v) is 0.651. The van der Waals surface area contributed by atoms with E-state index in [1.807, 2.05) is 0 Å². The molecule has 0 fully saturated rings. The standard InChI is InChI=1S/CH2O3.FH.2Li.2H/c2-1(3)4;;;;;/h(H2,2,3,4);1H;;;;/q;;2*+1;2*-1. The van der Waals surface area contributed by atoms with E-state index in [0.717, 1.165) is 0 Å². The molecule has 2 N–H and O–H groups in total. The Labute approximate surface area is 66.8 Å². The third kappa shape index (κ3) is 792. The van der Waals surface area contributed by atoms with E-state index in [2.05, 4.69) is 0 Å². The van der Waals surface area contributed by atoms with Gasteiger partial charge in [-0.1, -0.05) is 0 Å². The minimum absolute atomic E-state index is 0. The molecule has 0 saturated carbocycles. The van der Waals surface area contributed by atoms with Crippen molar-refractivity contribution in [1.82, 2.24) is 0 Å². The second-order valence-electron chi connectivity index (χ2n) is 0.283. The van der Waals surface area contributed by atoms with Crippen LogP contribution in [-0.4, -0.2) is 16.4 Å². The minimum Gasteiger partial charge on any atom is -1.00 e. The second-order valence-corrected chi connectivity index (χ2v) is 0.283. The predicted octanol–water partition coefficient (Wildman–Crippen LogP) is -5.39. The van der Waals surface area contributed by atoms with Gasteiger partial charge in [0.25, 0.3) is 0 Å². The van der Waals surface area contributed by atoms with E-state index >= 15 is 0 Å². The molecule has 36 valence electrons. The molecule has 0 atom stereocenters. The third-order valence-electron chi connectivity index (χ3n) is 0. The SMILES string of the molecule is F.O=C(O)O.[H-].[H-].[Li+].[Li+]. The molecule has 0 aromatic rings. The number of carboxylic acid groups (broad SMARTS) is 2. The fourth-order valence-corrected chi connectivity index (χ4v) is 0.